The molecule has 0 saturated carbocycles. The first kappa shape index (κ1) is 23.8. The summed E-state index contributed by atoms with van der Waals surface area (Å²) < 4.78 is 6.34. The van der Waals surface area contributed by atoms with Crippen molar-refractivity contribution in [3.05, 3.63) is 150 Å². The monoisotopic (exact) mass is 530 g/mol. The average molecular weight is 531 g/mol. The molecule has 3 nitrogen and oxygen atoms in total. The van der Waals surface area contributed by atoms with Gasteiger partial charge in [-0.25, -0.2) is 0 Å². The molecule has 1 aliphatic carbocycles. The van der Waals surface area contributed by atoms with Gasteiger partial charge >= 0.3 is 0 Å². The Kier molecular flexibility index (Phi) is 5.23. The van der Waals surface area contributed by atoms with Crippen LogP contribution in [-0.4, -0.2) is 0 Å². The molecule has 41 heavy (non-hydrogen) atoms. The summed E-state index contributed by atoms with van der Waals surface area (Å²) in [6.07, 6.45) is 2.14. The fourth-order valence-corrected chi connectivity index (χ4v) is 6.68. The van der Waals surface area contributed by atoms with Crippen molar-refractivity contribution < 1.29 is 4.42 Å². The number of benzene rings is 5. The van der Waals surface area contributed by atoms with E-state index in [4.69, 9.17) is 4.42 Å². The van der Waals surface area contributed by atoms with E-state index in [1.807, 2.05) is 6.07 Å². The van der Waals surface area contributed by atoms with Crippen LogP contribution in [0.25, 0.3) is 38.9 Å². The summed E-state index contributed by atoms with van der Waals surface area (Å²) in [5, 5.41) is 4.63. The molecular formula is C38H30N2O. The van der Waals surface area contributed by atoms with E-state index in [2.05, 4.69) is 146 Å². The van der Waals surface area contributed by atoms with Crippen LogP contribution in [0, 0.1) is 0 Å². The Bertz CT molecular complexity index is 1960. The van der Waals surface area contributed by atoms with E-state index in [0.717, 1.165) is 39.4 Å². The zero-order chi connectivity index (χ0) is 27.6. The molecule has 0 fully saturated rings. The molecule has 1 aromatic heterocycles. The third kappa shape index (κ3) is 3.66. The molecule has 0 bridgehead atoms. The molecule has 8 rings (SSSR count). The number of hydrogen-bond acceptors (Lipinski definition) is 3. The van der Waals surface area contributed by atoms with Gasteiger partial charge in [0.05, 0.1) is 17.8 Å². The summed E-state index contributed by atoms with van der Waals surface area (Å²) in [6, 6.07) is 43.5. The molecule has 0 saturated heterocycles. The van der Waals surface area contributed by atoms with Crippen molar-refractivity contribution in [2.75, 3.05) is 4.90 Å². The van der Waals surface area contributed by atoms with Crippen LogP contribution in [0.5, 0.6) is 0 Å². The molecule has 6 aromatic rings. The first-order chi connectivity index (χ1) is 20.1. The Hall–Kier alpha value is -5.02. The van der Waals surface area contributed by atoms with E-state index in [1.165, 1.54) is 33.4 Å². The summed E-state index contributed by atoms with van der Waals surface area (Å²) in [4.78, 5) is 2.38. The van der Waals surface area contributed by atoms with Gasteiger partial charge in [0.1, 0.15) is 11.3 Å². The molecule has 0 atom stereocenters. The summed E-state index contributed by atoms with van der Waals surface area (Å²) >= 11 is 0. The summed E-state index contributed by atoms with van der Waals surface area (Å²) in [6.45, 7) is 5.34. The Labute approximate surface area is 240 Å². The second-order valence-electron chi connectivity index (χ2n) is 11.5. The Morgan fingerprint density at radius 3 is 2.20 bits per heavy atom. The topological polar surface area (TPSA) is 28.4 Å². The van der Waals surface area contributed by atoms with Crippen molar-refractivity contribution in [3.8, 4) is 22.3 Å². The van der Waals surface area contributed by atoms with Crippen LogP contribution in [0.2, 0.25) is 0 Å². The first-order valence-electron chi connectivity index (χ1n) is 14.2. The van der Waals surface area contributed by atoms with Gasteiger partial charge in [-0.1, -0.05) is 105 Å². The zero-order valence-electron chi connectivity index (χ0n) is 23.2. The number of para-hydroxylation sites is 1. The van der Waals surface area contributed by atoms with E-state index in [1.54, 1.807) is 0 Å². The highest BCUT2D eigenvalue weighted by atomic mass is 16.3. The lowest BCUT2D eigenvalue weighted by molar-refractivity contribution is 0.531. The number of anilines is 2. The van der Waals surface area contributed by atoms with Crippen LogP contribution in [0.3, 0.4) is 0 Å². The molecule has 2 heterocycles. The predicted octanol–water partition coefficient (Wildman–Crippen LogP) is 9.65. The van der Waals surface area contributed by atoms with Crippen LogP contribution in [-0.2, 0) is 12.0 Å². The molecule has 0 amide bonds. The molecule has 1 N–H and O–H groups in total. The number of nitrogens with zero attached hydrogens (tertiary/aromatic N) is 1. The van der Waals surface area contributed by atoms with Gasteiger partial charge in [-0.15, -0.1) is 0 Å². The summed E-state index contributed by atoms with van der Waals surface area (Å²) in [5.41, 5.74) is 13.1. The minimum Gasteiger partial charge on any atom is -0.458 e. The van der Waals surface area contributed by atoms with Crippen LogP contribution in [0.15, 0.2) is 132 Å². The number of furan rings is 1. The largest absolute Gasteiger partial charge is 0.458 e. The highest BCUT2D eigenvalue weighted by molar-refractivity contribution is 6.00. The predicted molar refractivity (Wildman–Crippen MR) is 169 cm³/mol. The van der Waals surface area contributed by atoms with Crippen LogP contribution in [0.4, 0.5) is 11.4 Å². The third-order valence-electron chi connectivity index (χ3n) is 8.72. The van der Waals surface area contributed by atoms with Crippen LogP contribution in [0.1, 0.15) is 36.3 Å². The van der Waals surface area contributed by atoms with Gasteiger partial charge in [-0.3, -0.25) is 0 Å². The summed E-state index contributed by atoms with van der Waals surface area (Å²) in [5.74, 6) is 0.962. The number of rotatable bonds is 4. The van der Waals surface area contributed by atoms with Crippen LogP contribution < -0.4 is 10.2 Å². The molecule has 1 aliphatic heterocycles. The molecule has 0 radical (unpaired) electrons. The van der Waals surface area contributed by atoms with Gasteiger partial charge in [0.25, 0.3) is 0 Å². The van der Waals surface area contributed by atoms with Crippen molar-refractivity contribution in [2.24, 2.45) is 0 Å². The Morgan fingerprint density at radius 2 is 1.34 bits per heavy atom. The van der Waals surface area contributed by atoms with Gasteiger partial charge in [0.2, 0.25) is 0 Å². The van der Waals surface area contributed by atoms with Crippen molar-refractivity contribution in [3.63, 3.8) is 0 Å². The van der Waals surface area contributed by atoms with E-state index >= 15 is 0 Å². The van der Waals surface area contributed by atoms with E-state index in [0.29, 0.717) is 6.54 Å². The van der Waals surface area contributed by atoms with Gasteiger partial charge < -0.3 is 14.6 Å². The van der Waals surface area contributed by atoms with E-state index < -0.39 is 0 Å². The smallest absolute Gasteiger partial charge is 0.135 e. The third-order valence-corrected chi connectivity index (χ3v) is 8.72. The van der Waals surface area contributed by atoms with E-state index in [-0.39, 0.29) is 5.41 Å². The van der Waals surface area contributed by atoms with Gasteiger partial charge in [0, 0.05) is 28.4 Å². The lowest BCUT2D eigenvalue weighted by Gasteiger charge is -2.31. The van der Waals surface area contributed by atoms with Gasteiger partial charge in [-0.05, 0) is 63.7 Å². The maximum absolute atomic E-state index is 6.34. The van der Waals surface area contributed by atoms with Crippen molar-refractivity contribution >= 4 is 28.0 Å². The lowest BCUT2D eigenvalue weighted by atomic mass is 9.82. The Morgan fingerprint density at radius 1 is 0.659 bits per heavy atom. The highest BCUT2D eigenvalue weighted by Gasteiger charge is 2.36. The lowest BCUT2D eigenvalue weighted by Crippen LogP contribution is -2.23. The number of fused-ring (bicyclic) bond motifs is 6. The molecule has 0 spiro atoms. The molecule has 5 aromatic carbocycles. The second-order valence-corrected chi connectivity index (χ2v) is 11.5. The van der Waals surface area contributed by atoms with Gasteiger partial charge in [-0.2, -0.15) is 0 Å². The molecule has 198 valence electrons. The molecule has 3 heteroatoms. The highest BCUT2D eigenvalue weighted by Crippen LogP contribution is 2.51. The zero-order valence-corrected chi connectivity index (χ0v) is 23.2. The van der Waals surface area contributed by atoms with Crippen LogP contribution >= 0.6 is 0 Å². The fourth-order valence-electron chi connectivity index (χ4n) is 6.68. The van der Waals surface area contributed by atoms with E-state index in [9.17, 15) is 0 Å². The summed E-state index contributed by atoms with van der Waals surface area (Å²) in [7, 11) is 0. The molecule has 2 aliphatic rings. The minimum atomic E-state index is -0.0858. The maximum Gasteiger partial charge on any atom is 0.135 e. The normalized spacial score (nSPS) is 14.5. The molecular weight excluding hydrogens is 500 g/mol. The first-order valence-corrected chi connectivity index (χ1v) is 14.2. The van der Waals surface area contributed by atoms with Gasteiger partial charge in [0.15, 0.2) is 0 Å². The number of hydrogen-bond donors (Lipinski definition) is 1. The standard InChI is InChI=1S/C38H30N2O/c1-38(2)32-14-8-6-12-29(32)30-21-20-28(22-33(30)38)40(27-18-16-26(17-19-27)25-10-4-3-5-11-25)34-23-39-24-36-37(34)31-13-7-9-15-35(31)41-36/h3-23,39H,24H2,1-2H3. The second kappa shape index (κ2) is 9.00. The maximum atomic E-state index is 6.34. The Balaban J connectivity index is 1.32. The molecule has 0 unspecified atom stereocenters. The average Bonchev–Trinajstić information content (AvgIpc) is 3.51. The fraction of sp³-hybridized carbons (Fsp3) is 0.105. The minimum absolute atomic E-state index is 0.0858. The number of nitrogens with one attached hydrogen (secondary N) is 1. The SMILES string of the molecule is CC1(C)c2ccccc2-c2ccc(N(C3=CNCc4oc5ccccc5c43)c3ccc(-c4ccccc4)cc3)cc21. The van der Waals surface area contributed by atoms with Crippen molar-refractivity contribution in [2.45, 2.75) is 25.8 Å². The van der Waals surface area contributed by atoms with Crippen molar-refractivity contribution in [1.82, 2.24) is 5.32 Å². The van der Waals surface area contributed by atoms with Crippen molar-refractivity contribution in [1.29, 1.82) is 0 Å². The quantitative estimate of drug-likeness (QED) is 0.246.